The largest absolute Gasteiger partial charge is 0.352 e. The minimum absolute atomic E-state index is 0.102. The number of hydrogen-bond acceptors (Lipinski definition) is 1. The third-order valence-electron chi connectivity index (χ3n) is 3.46. The zero-order valence-corrected chi connectivity index (χ0v) is 11.1. The molecule has 1 fully saturated rings. The SMILES string of the molecule is Cc1ccc(C(=O)NCC2CCCC2Cl)c(F)c1. The molecular formula is C14H17ClFNO. The molecule has 0 saturated heterocycles. The van der Waals surface area contributed by atoms with Gasteiger partial charge in [-0.25, -0.2) is 4.39 Å². The van der Waals surface area contributed by atoms with Crippen molar-refractivity contribution >= 4 is 17.5 Å². The summed E-state index contributed by atoms with van der Waals surface area (Å²) >= 11 is 6.13. The lowest BCUT2D eigenvalue weighted by atomic mass is 10.1. The summed E-state index contributed by atoms with van der Waals surface area (Å²) in [5, 5.41) is 2.90. The maximum absolute atomic E-state index is 13.6. The van der Waals surface area contributed by atoms with Gasteiger partial charge < -0.3 is 5.32 Å². The van der Waals surface area contributed by atoms with E-state index in [-0.39, 0.29) is 16.8 Å². The Morgan fingerprint density at radius 3 is 2.89 bits per heavy atom. The first kappa shape index (κ1) is 13.3. The monoisotopic (exact) mass is 269 g/mol. The van der Waals surface area contributed by atoms with E-state index in [1.807, 2.05) is 0 Å². The molecule has 4 heteroatoms. The lowest BCUT2D eigenvalue weighted by Gasteiger charge is -2.14. The van der Waals surface area contributed by atoms with E-state index in [9.17, 15) is 9.18 Å². The summed E-state index contributed by atoms with van der Waals surface area (Å²) < 4.78 is 13.6. The third kappa shape index (κ3) is 3.02. The molecule has 0 heterocycles. The molecule has 2 rings (SSSR count). The van der Waals surface area contributed by atoms with E-state index >= 15 is 0 Å². The number of halogens is 2. The maximum Gasteiger partial charge on any atom is 0.254 e. The first-order chi connectivity index (χ1) is 8.58. The molecule has 0 spiro atoms. The number of alkyl halides is 1. The van der Waals surface area contributed by atoms with Crippen molar-refractivity contribution in [3.63, 3.8) is 0 Å². The first-order valence-electron chi connectivity index (χ1n) is 6.26. The van der Waals surface area contributed by atoms with Crippen molar-refractivity contribution in [3.05, 3.63) is 35.1 Å². The Balaban J connectivity index is 1.95. The summed E-state index contributed by atoms with van der Waals surface area (Å²) in [6.45, 7) is 2.32. The predicted octanol–water partition coefficient (Wildman–Crippen LogP) is 3.27. The fourth-order valence-electron chi connectivity index (χ4n) is 2.34. The molecular weight excluding hydrogens is 253 g/mol. The van der Waals surface area contributed by atoms with Gasteiger partial charge in [-0.15, -0.1) is 11.6 Å². The highest BCUT2D eigenvalue weighted by Gasteiger charge is 2.25. The van der Waals surface area contributed by atoms with Gasteiger partial charge in [0.2, 0.25) is 0 Å². The smallest absolute Gasteiger partial charge is 0.254 e. The number of rotatable bonds is 3. The number of amides is 1. The lowest BCUT2D eigenvalue weighted by Crippen LogP contribution is -2.31. The van der Waals surface area contributed by atoms with Crippen LogP contribution in [0.3, 0.4) is 0 Å². The Bertz CT molecular complexity index is 449. The molecule has 0 bridgehead atoms. The van der Waals surface area contributed by atoms with E-state index in [1.54, 1.807) is 13.0 Å². The number of carbonyl (C=O) groups excluding carboxylic acids is 1. The summed E-state index contributed by atoms with van der Waals surface area (Å²) in [5.74, 6) is -0.520. The van der Waals surface area contributed by atoms with Crippen molar-refractivity contribution in [1.29, 1.82) is 0 Å². The fraction of sp³-hybridized carbons (Fsp3) is 0.500. The van der Waals surface area contributed by atoms with Gasteiger partial charge in [-0.2, -0.15) is 0 Å². The van der Waals surface area contributed by atoms with Gasteiger partial charge in [0.15, 0.2) is 0 Å². The summed E-state index contributed by atoms with van der Waals surface area (Å²) in [4.78, 5) is 11.8. The zero-order valence-electron chi connectivity index (χ0n) is 10.4. The lowest BCUT2D eigenvalue weighted by molar-refractivity contribution is 0.0943. The Labute approximate surface area is 112 Å². The molecule has 18 heavy (non-hydrogen) atoms. The highest BCUT2D eigenvalue weighted by Crippen LogP contribution is 2.29. The van der Waals surface area contributed by atoms with Gasteiger partial charge in [-0.05, 0) is 43.4 Å². The molecule has 2 atom stereocenters. The van der Waals surface area contributed by atoms with Crippen LogP contribution >= 0.6 is 11.6 Å². The molecule has 1 aromatic rings. The number of aryl methyl sites for hydroxylation is 1. The topological polar surface area (TPSA) is 29.1 Å². The van der Waals surface area contributed by atoms with Crippen LogP contribution in [-0.4, -0.2) is 17.8 Å². The van der Waals surface area contributed by atoms with Crippen LogP contribution in [0, 0.1) is 18.7 Å². The minimum Gasteiger partial charge on any atom is -0.352 e. The van der Waals surface area contributed by atoms with Crippen LogP contribution < -0.4 is 5.32 Å². The number of nitrogens with one attached hydrogen (secondary N) is 1. The van der Waals surface area contributed by atoms with Crippen LogP contribution in [0.4, 0.5) is 4.39 Å². The van der Waals surface area contributed by atoms with Crippen molar-refractivity contribution < 1.29 is 9.18 Å². The van der Waals surface area contributed by atoms with Crippen LogP contribution in [0.15, 0.2) is 18.2 Å². The van der Waals surface area contributed by atoms with E-state index in [2.05, 4.69) is 5.32 Å². The highest BCUT2D eigenvalue weighted by molar-refractivity contribution is 6.21. The van der Waals surface area contributed by atoms with Crippen molar-refractivity contribution in [2.24, 2.45) is 5.92 Å². The average Bonchev–Trinajstić information content (AvgIpc) is 2.72. The van der Waals surface area contributed by atoms with Crippen LogP contribution in [0.25, 0.3) is 0 Å². The minimum atomic E-state index is -0.471. The maximum atomic E-state index is 13.6. The Morgan fingerprint density at radius 1 is 1.50 bits per heavy atom. The summed E-state index contributed by atoms with van der Waals surface area (Å²) in [6.07, 6.45) is 3.14. The number of hydrogen-bond donors (Lipinski definition) is 1. The van der Waals surface area contributed by atoms with Crippen LogP contribution in [0.5, 0.6) is 0 Å². The Hall–Kier alpha value is -1.09. The van der Waals surface area contributed by atoms with Crippen molar-refractivity contribution in [3.8, 4) is 0 Å². The molecule has 1 amide bonds. The van der Waals surface area contributed by atoms with Crippen molar-refractivity contribution in [2.75, 3.05) is 6.54 Å². The van der Waals surface area contributed by atoms with E-state index < -0.39 is 5.82 Å². The molecule has 0 radical (unpaired) electrons. The second kappa shape index (κ2) is 5.70. The normalized spacial score (nSPS) is 23.1. The van der Waals surface area contributed by atoms with Crippen LogP contribution in [0.2, 0.25) is 0 Å². The Morgan fingerprint density at radius 2 is 2.28 bits per heavy atom. The van der Waals surface area contributed by atoms with E-state index in [0.29, 0.717) is 12.5 Å². The molecule has 0 aromatic heterocycles. The molecule has 1 saturated carbocycles. The summed E-state index contributed by atoms with van der Waals surface area (Å²) in [7, 11) is 0. The van der Waals surface area contributed by atoms with E-state index in [1.165, 1.54) is 12.1 Å². The summed E-state index contributed by atoms with van der Waals surface area (Å²) in [6, 6.07) is 4.62. The number of benzene rings is 1. The summed E-state index contributed by atoms with van der Waals surface area (Å²) in [5.41, 5.74) is 0.908. The van der Waals surface area contributed by atoms with Gasteiger partial charge in [0.25, 0.3) is 5.91 Å². The standard InChI is InChI=1S/C14H17ClFNO/c1-9-5-6-11(13(16)7-9)14(18)17-8-10-3-2-4-12(10)15/h5-7,10,12H,2-4,8H2,1H3,(H,17,18). The van der Waals surface area contributed by atoms with Crippen molar-refractivity contribution in [2.45, 2.75) is 31.6 Å². The third-order valence-corrected chi connectivity index (χ3v) is 4.03. The average molecular weight is 270 g/mol. The molecule has 1 N–H and O–H groups in total. The first-order valence-corrected chi connectivity index (χ1v) is 6.70. The van der Waals surface area contributed by atoms with E-state index in [0.717, 1.165) is 24.8 Å². The Kier molecular flexibility index (Phi) is 4.23. The molecule has 2 unspecified atom stereocenters. The second-order valence-corrected chi connectivity index (χ2v) is 5.46. The molecule has 1 aromatic carbocycles. The molecule has 0 aliphatic heterocycles. The van der Waals surface area contributed by atoms with Crippen molar-refractivity contribution in [1.82, 2.24) is 5.32 Å². The predicted molar refractivity (Wildman–Crippen MR) is 70.5 cm³/mol. The van der Waals surface area contributed by atoms with Gasteiger partial charge in [-0.1, -0.05) is 12.5 Å². The van der Waals surface area contributed by atoms with Crippen LogP contribution in [-0.2, 0) is 0 Å². The molecule has 1 aliphatic carbocycles. The highest BCUT2D eigenvalue weighted by atomic mass is 35.5. The fourth-order valence-corrected chi connectivity index (χ4v) is 2.71. The van der Waals surface area contributed by atoms with Crippen LogP contribution in [0.1, 0.15) is 35.2 Å². The van der Waals surface area contributed by atoms with Gasteiger partial charge in [-0.3, -0.25) is 4.79 Å². The number of carbonyl (C=O) groups is 1. The molecule has 98 valence electrons. The second-order valence-electron chi connectivity index (χ2n) is 4.90. The zero-order chi connectivity index (χ0) is 13.1. The van der Waals surface area contributed by atoms with Gasteiger partial charge in [0.05, 0.1) is 5.56 Å². The van der Waals surface area contributed by atoms with Gasteiger partial charge in [0.1, 0.15) is 5.82 Å². The van der Waals surface area contributed by atoms with Gasteiger partial charge in [0, 0.05) is 11.9 Å². The molecule has 1 aliphatic rings. The van der Waals surface area contributed by atoms with E-state index in [4.69, 9.17) is 11.6 Å². The quantitative estimate of drug-likeness (QED) is 0.839. The molecule has 2 nitrogen and oxygen atoms in total. The van der Waals surface area contributed by atoms with Gasteiger partial charge >= 0.3 is 0 Å².